The maximum absolute atomic E-state index is 11.6. The molecule has 4 atom stereocenters. The number of hydrogen-bond donors (Lipinski definition) is 4. The van der Waals surface area contributed by atoms with Crippen LogP contribution in [-0.4, -0.2) is 45.8 Å². The third-order valence-electron chi connectivity index (χ3n) is 7.64. The first-order valence-corrected chi connectivity index (χ1v) is 14.0. The summed E-state index contributed by atoms with van der Waals surface area (Å²) in [7, 11) is 0. The summed E-state index contributed by atoms with van der Waals surface area (Å²) in [4.78, 5) is 0. The molecule has 0 aromatic carbocycles. The highest BCUT2D eigenvalue weighted by Gasteiger charge is 2.46. The summed E-state index contributed by atoms with van der Waals surface area (Å²) in [5.41, 5.74) is -0.524. The van der Waals surface area contributed by atoms with Crippen LogP contribution in [0.1, 0.15) is 143 Å². The van der Waals surface area contributed by atoms with Crippen LogP contribution in [0.15, 0.2) is 0 Å². The third kappa shape index (κ3) is 11.8. The molecule has 0 radical (unpaired) electrons. The van der Waals surface area contributed by atoms with Crippen LogP contribution in [0.4, 0.5) is 0 Å². The molecule has 0 aliphatic rings. The van der Waals surface area contributed by atoms with Gasteiger partial charge in [0, 0.05) is 13.2 Å². The molecule has 0 amide bonds. The van der Waals surface area contributed by atoms with E-state index >= 15 is 0 Å². The Kier molecular flexibility index (Phi) is 19.1. The van der Waals surface area contributed by atoms with E-state index in [1.165, 1.54) is 12.8 Å². The van der Waals surface area contributed by atoms with E-state index in [2.05, 4.69) is 27.7 Å². The van der Waals surface area contributed by atoms with Gasteiger partial charge in [0.1, 0.15) is 0 Å². The Balaban J connectivity index is 5.98. The van der Waals surface area contributed by atoms with Gasteiger partial charge < -0.3 is 20.4 Å². The molecular weight excluding hydrogens is 400 g/mol. The van der Waals surface area contributed by atoms with Crippen molar-refractivity contribution in [1.82, 2.24) is 0 Å². The molecule has 0 bridgehead atoms. The second-order valence-corrected chi connectivity index (χ2v) is 10.6. The number of hydrogen-bond acceptors (Lipinski definition) is 4. The Morgan fingerprint density at radius 1 is 0.594 bits per heavy atom. The summed E-state index contributed by atoms with van der Waals surface area (Å²) >= 11 is 0. The van der Waals surface area contributed by atoms with Crippen molar-refractivity contribution in [2.75, 3.05) is 13.2 Å². The van der Waals surface area contributed by atoms with Gasteiger partial charge in [-0.25, -0.2) is 0 Å². The lowest BCUT2D eigenvalue weighted by Crippen LogP contribution is -2.47. The number of unbranched alkanes of at least 4 members (excludes halogenated alkanes) is 7. The number of rotatable bonds is 23. The van der Waals surface area contributed by atoms with Crippen LogP contribution in [-0.2, 0) is 0 Å². The fraction of sp³-hybridized carbons (Fsp3) is 1.00. The van der Waals surface area contributed by atoms with Crippen LogP contribution in [0.5, 0.6) is 0 Å². The summed E-state index contributed by atoms with van der Waals surface area (Å²) in [5, 5.41) is 42.4. The molecule has 0 saturated heterocycles. The van der Waals surface area contributed by atoms with Crippen molar-refractivity contribution >= 4 is 0 Å². The minimum atomic E-state index is -0.775. The van der Waals surface area contributed by atoms with Crippen LogP contribution in [0.25, 0.3) is 0 Å². The fourth-order valence-electron chi connectivity index (χ4n) is 5.55. The molecule has 4 nitrogen and oxygen atoms in total. The predicted molar refractivity (Wildman–Crippen MR) is 137 cm³/mol. The molecule has 4 unspecified atom stereocenters. The van der Waals surface area contributed by atoms with E-state index in [4.69, 9.17) is 5.11 Å². The summed E-state index contributed by atoms with van der Waals surface area (Å²) in [6.45, 7) is 9.12. The molecule has 4 N–H and O–H groups in total. The van der Waals surface area contributed by atoms with Crippen LogP contribution >= 0.6 is 0 Å². The molecule has 0 aliphatic heterocycles. The normalized spacial score (nSPS) is 17.6. The molecule has 32 heavy (non-hydrogen) atoms. The van der Waals surface area contributed by atoms with E-state index in [9.17, 15) is 15.3 Å². The van der Waals surface area contributed by atoms with E-state index in [0.29, 0.717) is 12.8 Å². The lowest BCUT2D eigenvalue weighted by Gasteiger charge is -2.47. The average Bonchev–Trinajstić information content (AvgIpc) is 2.80. The molecule has 0 saturated carbocycles. The largest absolute Gasteiger partial charge is 0.396 e. The number of aliphatic hydroxyl groups excluding tert-OH is 4. The van der Waals surface area contributed by atoms with Gasteiger partial charge in [-0.1, -0.05) is 91.9 Å². The van der Waals surface area contributed by atoms with Crippen molar-refractivity contribution in [1.29, 1.82) is 0 Å². The first kappa shape index (κ1) is 31.8. The zero-order valence-corrected chi connectivity index (χ0v) is 22.1. The Hall–Kier alpha value is -0.160. The van der Waals surface area contributed by atoms with Gasteiger partial charge in [0.15, 0.2) is 0 Å². The smallest absolute Gasteiger partial charge is 0.0855 e. The van der Waals surface area contributed by atoms with Crippen molar-refractivity contribution in [3.05, 3.63) is 0 Å². The molecule has 0 aliphatic carbocycles. The Morgan fingerprint density at radius 3 is 1.62 bits per heavy atom. The Labute approximate surface area is 200 Å². The second-order valence-electron chi connectivity index (χ2n) is 10.6. The molecule has 0 heterocycles. The van der Waals surface area contributed by atoms with Crippen molar-refractivity contribution in [2.24, 2.45) is 10.8 Å². The molecule has 4 heteroatoms. The van der Waals surface area contributed by atoms with Crippen molar-refractivity contribution in [3.8, 4) is 0 Å². The lowest BCUT2D eigenvalue weighted by molar-refractivity contribution is -0.106. The first-order valence-electron chi connectivity index (χ1n) is 14.0. The van der Waals surface area contributed by atoms with E-state index < -0.39 is 12.2 Å². The maximum Gasteiger partial charge on any atom is 0.0855 e. The summed E-state index contributed by atoms with van der Waals surface area (Å²) in [6, 6.07) is 0. The van der Waals surface area contributed by atoms with Gasteiger partial charge in [0.05, 0.1) is 12.2 Å². The number of aliphatic hydroxyl groups is 4. The SMILES string of the molecule is CCCCCC(CO)(CCCC)CC(CCCC)(CCCCC)C(O)C(O)CCCCO. The van der Waals surface area contributed by atoms with Crippen molar-refractivity contribution < 1.29 is 20.4 Å². The minimum absolute atomic E-state index is 0.127. The highest BCUT2D eigenvalue weighted by Crippen LogP contribution is 2.50. The van der Waals surface area contributed by atoms with Crippen molar-refractivity contribution in [3.63, 3.8) is 0 Å². The Morgan fingerprint density at radius 2 is 1.09 bits per heavy atom. The maximum atomic E-state index is 11.6. The standard InChI is InChI=1S/C28H58O4/c1-5-9-14-19-27(24-30,18-11-7-3)23-28(20-12-8-4,21-15-10-6-2)26(32)25(31)17-13-16-22-29/h25-26,29-32H,5-24H2,1-4H3. The third-order valence-corrected chi connectivity index (χ3v) is 7.64. The lowest BCUT2D eigenvalue weighted by atomic mass is 9.60. The van der Waals surface area contributed by atoms with Gasteiger partial charge in [0.2, 0.25) is 0 Å². The molecule has 0 spiro atoms. The highest BCUT2D eigenvalue weighted by atomic mass is 16.3. The topological polar surface area (TPSA) is 80.9 Å². The summed E-state index contributed by atoms with van der Waals surface area (Å²) in [6.07, 6.45) is 16.1. The first-order chi connectivity index (χ1) is 15.4. The van der Waals surface area contributed by atoms with Crippen LogP contribution in [0.2, 0.25) is 0 Å². The molecule has 194 valence electrons. The Bertz CT molecular complexity index is 416. The summed E-state index contributed by atoms with van der Waals surface area (Å²) < 4.78 is 0. The van der Waals surface area contributed by atoms with E-state index in [-0.39, 0.29) is 24.0 Å². The highest BCUT2D eigenvalue weighted by molar-refractivity contribution is 4.96. The zero-order valence-electron chi connectivity index (χ0n) is 22.1. The van der Waals surface area contributed by atoms with E-state index in [0.717, 1.165) is 89.9 Å². The van der Waals surface area contributed by atoms with Crippen LogP contribution < -0.4 is 0 Å². The van der Waals surface area contributed by atoms with Crippen molar-refractivity contribution in [2.45, 2.75) is 155 Å². The molecule has 0 aromatic rings. The van der Waals surface area contributed by atoms with Gasteiger partial charge in [-0.15, -0.1) is 0 Å². The predicted octanol–water partition coefficient (Wildman–Crippen LogP) is 6.77. The second kappa shape index (κ2) is 19.2. The minimum Gasteiger partial charge on any atom is -0.396 e. The summed E-state index contributed by atoms with van der Waals surface area (Å²) in [5.74, 6) is 0. The van der Waals surface area contributed by atoms with Gasteiger partial charge in [-0.2, -0.15) is 0 Å². The van der Waals surface area contributed by atoms with E-state index in [1.807, 2.05) is 0 Å². The van der Waals surface area contributed by atoms with Gasteiger partial charge in [-0.3, -0.25) is 0 Å². The van der Waals surface area contributed by atoms with Crippen LogP contribution in [0.3, 0.4) is 0 Å². The quantitative estimate of drug-likeness (QED) is 0.127. The average molecular weight is 459 g/mol. The molecule has 0 aromatic heterocycles. The van der Waals surface area contributed by atoms with Crippen LogP contribution in [0, 0.1) is 10.8 Å². The fourth-order valence-corrected chi connectivity index (χ4v) is 5.55. The van der Waals surface area contributed by atoms with Gasteiger partial charge in [-0.05, 0) is 62.2 Å². The molecule has 0 fully saturated rings. The van der Waals surface area contributed by atoms with E-state index in [1.54, 1.807) is 0 Å². The molecule has 0 rings (SSSR count). The van der Waals surface area contributed by atoms with Gasteiger partial charge >= 0.3 is 0 Å². The zero-order chi connectivity index (χ0) is 24.3. The van der Waals surface area contributed by atoms with Gasteiger partial charge in [0.25, 0.3) is 0 Å². The monoisotopic (exact) mass is 458 g/mol. The molecular formula is C28H58O4.